The molecule has 0 saturated carbocycles. The average molecular weight is 535 g/mol. The highest BCUT2D eigenvalue weighted by molar-refractivity contribution is 9.10. The first kappa shape index (κ1) is 22.9. The summed E-state index contributed by atoms with van der Waals surface area (Å²) in [6, 6.07) is 8.30. The molecule has 158 valence electrons. The number of amides is 2. The van der Waals surface area contributed by atoms with Crippen LogP contribution in [-0.4, -0.2) is 30.9 Å². The van der Waals surface area contributed by atoms with Crippen LogP contribution >= 0.6 is 50.7 Å². The van der Waals surface area contributed by atoms with Gasteiger partial charge in [-0.05, 0) is 52.7 Å². The molecule has 10 heteroatoms. The van der Waals surface area contributed by atoms with Crippen molar-refractivity contribution in [3.05, 3.63) is 55.4 Å². The number of nitrogens with zero attached hydrogens (tertiary/aromatic N) is 1. The van der Waals surface area contributed by atoms with Gasteiger partial charge in [0.15, 0.2) is 6.61 Å². The normalized spacial score (nSPS) is 16.0. The molecule has 2 aromatic carbocycles. The van der Waals surface area contributed by atoms with Gasteiger partial charge in [0, 0.05) is 23.1 Å². The molecule has 0 bridgehead atoms. The van der Waals surface area contributed by atoms with Crippen LogP contribution in [0.3, 0.4) is 0 Å². The van der Waals surface area contributed by atoms with Gasteiger partial charge in [-0.2, -0.15) is 0 Å². The van der Waals surface area contributed by atoms with Gasteiger partial charge in [0.1, 0.15) is 0 Å². The van der Waals surface area contributed by atoms with E-state index >= 15 is 0 Å². The Morgan fingerprint density at radius 3 is 2.70 bits per heavy atom. The number of halogens is 4. The number of benzene rings is 2. The quantitative estimate of drug-likeness (QED) is 0.532. The van der Waals surface area contributed by atoms with E-state index in [-0.39, 0.29) is 23.9 Å². The lowest BCUT2D eigenvalue weighted by Gasteiger charge is -2.18. The molecule has 0 aliphatic carbocycles. The van der Waals surface area contributed by atoms with Crippen molar-refractivity contribution in [2.45, 2.75) is 13.3 Å². The molecule has 0 spiro atoms. The van der Waals surface area contributed by atoms with E-state index in [1.54, 1.807) is 30.3 Å². The van der Waals surface area contributed by atoms with Gasteiger partial charge in [-0.3, -0.25) is 14.4 Å². The first-order valence-corrected chi connectivity index (χ1v) is 10.8. The summed E-state index contributed by atoms with van der Waals surface area (Å²) in [4.78, 5) is 38.3. The SMILES string of the molecule is Cc1cc(Br)c(Cl)cc1NC(=O)COC(=O)[C@H]1CC(=O)N(c2cccc(Cl)c2Cl)C1. The van der Waals surface area contributed by atoms with Crippen molar-refractivity contribution < 1.29 is 19.1 Å². The topological polar surface area (TPSA) is 75.7 Å². The highest BCUT2D eigenvalue weighted by Crippen LogP contribution is 2.36. The maximum Gasteiger partial charge on any atom is 0.311 e. The second-order valence-electron chi connectivity index (χ2n) is 6.72. The Morgan fingerprint density at radius 1 is 1.23 bits per heavy atom. The minimum Gasteiger partial charge on any atom is -0.455 e. The lowest BCUT2D eigenvalue weighted by Crippen LogP contribution is -2.28. The largest absolute Gasteiger partial charge is 0.455 e. The van der Waals surface area contributed by atoms with Gasteiger partial charge in [0.05, 0.1) is 26.7 Å². The summed E-state index contributed by atoms with van der Waals surface area (Å²) >= 11 is 21.5. The number of ether oxygens (including phenoxy) is 1. The molecule has 2 amide bonds. The Bertz CT molecular complexity index is 1030. The fraction of sp³-hybridized carbons (Fsp3) is 0.250. The van der Waals surface area contributed by atoms with E-state index < -0.39 is 24.4 Å². The van der Waals surface area contributed by atoms with Gasteiger partial charge in [-0.15, -0.1) is 0 Å². The zero-order chi connectivity index (χ0) is 22.0. The number of carbonyl (C=O) groups excluding carboxylic acids is 3. The fourth-order valence-electron chi connectivity index (χ4n) is 3.02. The smallest absolute Gasteiger partial charge is 0.311 e. The molecule has 6 nitrogen and oxygen atoms in total. The highest BCUT2D eigenvalue weighted by atomic mass is 79.9. The Hall–Kier alpha value is -1.80. The summed E-state index contributed by atoms with van der Waals surface area (Å²) < 4.78 is 5.82. The van der Waals surface area contributed by atoms with Crippen molar-refractivity contribution >= 4 is 79.9 Å². The van der Waals surface area contributed by atoms with E-state index in [4.69, 9.17) is 39.5 Å². The third kappa shape index (κ3) is 5.09. The van der Waals surface area contributed by atoms with Gasteiger partial charge in [-0.25, -0.2) is 0 Å². The van der Waals surface area contributed by atoms with E-state index in [0.29, 0.717) is 25.9 Å². The van der Waals surface area contributed by atoms with E-state index in [1.807, 2.05) is 6.92 Å². The molecule has 0 unspecified atom stereocenters. The second-order valence-corrected chi connectivity index (χ2v) is 8.76. The summed E-state index contributed by atoms with van der Waals surface area (Å²) in [5.41, 5.74) is 1.74. The van der Waals surface area contributed by atoms with Crippen molar-refractivity contribution in [2.24, 2.45) is 5.92 Å². The van der Waals surface area contributed by atoms with Crippen molar-refractivity contribution in [3.8, 4) is 0 Å². The number of esters is 1. The highest BCUT2D eigenvalue weighted by Gasteiger charge is 2.37. The van der Waals surface area contributed by atoms with Crippen LogP contribution in [0.2, 0.25) is 15.1 Å². The molecule has 1 N–H and O–H groups in total. The van der Waals surface area contributed by atoms with Crippen LogP contribution in [0.25, 0.3) is 0 Å². The Labute approximate surface area is 196 Å². The number of hydrogen-bond acceptors (Lipinski definition) is 4. The molecule has 1 heterocycles. The summed E-state index contributed by atoms with van der Waals surface area (Å²) in [5, 5.41) is 3.65. The summed E-state index contributed by atoms with van der Waals surface area (Å²) in [7, 11) is 0. The maximum atomic E-state index is 12.4. The summed E-state index contributed by atoms with van der Waals surface area (Å²) in [5.74, 6) is -2.12. The minimum absolute atomic E-state index is 0.0370. The van der Waals surface area contributed by atoms with Gasteiger partial charge in [0.2, 0.25) is 5.91 Å². The zero-order valence-electron chi connectivity index (χ0n) is 15.7. The first-order valence-electron chi connectivity index (χ1n) is 8.84. The standard InChI is InChI=1S/C20H16BrCl3N2O4/c1-10-5-12(21)14(23)7-15(10)25-17(27)9-30-20(29)11-6-18(28)26(8-11)16-4-2-3-13(22)19(16)24/h2-5,7,11H,6,8-9H2,1H3,(H,25,27)/t11-/m0/s1. The fourth-order valence-corrected chi connectivity index (χ4v) is 4.04. The van der Waals surface area contributed by atoms with Crippen LogP contribution in [0.4, 0.5) is 11.4 Å². The number of hydrogen-bond donors (Lipinski definition) is 1. The van der Waals surface area contributed by atoms with E-state index in [1.165, 1.54) is 4.90 Å². The third-order valence-corrected chi connectivity index (χ3v) is 6.57. The third-order valence-electron chi connectivity index (χ3n) is 4.57. The number of anilines is 2. The van der Waals surface area contributed by atoms with Crippen molar-refractivity contribution in [1.82, 2.24) is 0 Å². The first-order chi connectivity index (χ1) is 14.2. The van der Waals surface area contributed by atoms with Gasteiger partial charge in [-0.1, -0.05) is 40.9 Å². The maximum absolute atomic E-state index is 12.4. The van der Waals surface area contributed by atoms with Crippen LogP contribution in [-0.2, 0) is 19.1 Å². The number of rotatable bonds is 5. The predicted molar refractivity (Wildman–Crippen MR) is 120 cm³/mol. The Balaban J connectivity index is 1.58. The van der Waals surface area contributed by atoms with Crippen molar-refractivity contribution in [1.29, 1.82) is 0 Å². The molecular formula is C20H16BrCl3N2O4. The number of carbonyl (C=O) groups is 3. The average Bonchev–Trinajstić information content (AvgIpc) is 3.08. The van der Waals surface area contributed by atoms with Crippen LogP contribution < -0.4 is 10.2 Å². The zero-order valence-corrected chi connectivity index (χ0v) is 19.5. The number of nitrogens with one attached hydrogen (secondary N) is 1. The summed E-state index contributed by atoms with van der Waals surface area (Å²) in [6.07, 6.45) is -0.0370. The van der Waals surface area contributed by atoms with Gasteiger partial charge >= 0.3 is 5.97 Å². The molecule has 1 fully saturated rings. The molecule has 0 aromatic heterocycles. The molecule has 0 radical (unpaired) electrons. The molecule has 2 aromatic rings. The van der Waals surface area contributed by atoms with Crippen LogP contribution in [0, 0.1) is 12.8 Å². The molecule has 1 aliphatic heterocycles. The van der Waals surface area contributed by atoms with Gasteiger partial charge in [0.25, 0.3) is 5.91 Å². The lowest BCUT2D eigenvalue weighted by molar-refractivity contribution is -0.151. The van der Waals surface area contributed by atoms with Crippen LogP contribution in [0.1, 0.15) is 12.0 Å². The number of aryl methyl sites for hydroxylation is 1. The van der Waals surface area contributed by atoms with E-state index in [0.717, 1.165) is 5.56 Å². The molecule has 1 atom stereocenters. The van der Waals surface area contributed by atoms with Crippen LogP contribution in [0.5, 0.6) is 0 Å². The molecule has 1 aliphatic rings. The van der Waals surface area contributed by atoms with Gasteiger partial charge < -0.3 is 15.0 Å². The lowest BCUT2D eigenvalue weighted by atomic mass is 10.1. The summed E-state index contributed by atoms with van der Waals surface area (Å²) in [6.45, 7) is 1.43. The Morgan fingerprint density at radius 2 is 1.97 bits per heavy atom. The van der Waals surface area contributed by atoms with Crippen molar-refractivity contribution in [2.75, 3.05) is 23.4 Å². The predicted octanol–water partition coefficient (Wildman–Crippen LogP) is 5.25. The monoisotopic (exact) mass is 532 g/mol. The van der Waals surface area contributed by atoms with Crippen LogP contribution in [0.15, 0.2) is 34.8 Å². The Kier molecular flexibility index (Phi) is 7.29. The molecule has 1 saturated heterocycles. The molecule has 30 heavy (non-hydrogen) atoms. The van der Waals surface area contributed by atoms with E-state index in [9.17, 15) is 14.4 Å². The van der Waals surface area contributed by atoms with E-state index in [2.05, 4.69) is 21.2 Å². The molecule has 3 rings (SSSR count). The molecular weight excluding hydrogens is 518 g/mol. The second kappa shape index (κ2) is 9.56. The van der Waals surface area contributed by atoms with Crippen molar-refractivity contribution in [3.63, 3.8) is 0 Å². The minimum atomic E-state index is -0.704.